The Labute approximate surface area is 113 Å². The summed E-state index contributed by atoms with van der Waals surface area (Å²) >= 11 is 6.95. The smallest absolute Gasteiger partial charge is 0.316 e. The lowest BCUT2D eigenvalue weighted by molar-refractivity contribution is -0.384. The third kappa shape index (κ3) is 3.36. The van der Waals surface area contributed by atoms with Crippen LogP contribution in [0.3, 0.4) is 0 Å². The number of halogens is 1. The van der Waals surface area contributed by atoms with E-state index in [1.807, 2.05) is 0 Å². The largest absolute Gasteiger partial charge is 0.480 e. The third-order valence-corrected chi connectivity index (χ3v) is 4.17. The maximum absolute atomic E-state index is 10.9. The summed E-state index contributed by atoms with van der Waals surface area (Å²) in [5, 5.41) is 19.1. The number of thioether (sulfide) groups is 1. The average Bonchev–Trinajstić information content (AvgIpc) is 2.28. The molecule has 0 fully saturated rings. The number of hydrogen-bond donors (Lipinski definition) is 1. The molecule has 0 aromatic heterocycles. The van der Waals surface area contributed by atoms with Gasteiger partial charge in [0.25, 0.3) is 5.69 Å². The van der Waals surface area contributed by atoms with E-state index < -0.39 is 16.1 Å². The van der Waals surface area contributed by atoms with Crippen molar-refractivity contribution in [3.05, 3.63) is 32.8 Å². The Morgan fingerprint density at radius 2 is 2.22 bits per heavy atom. The summed E-state index contributed by atoms with van der Waals surface area (Å²) in [4.78, 5) is 21.7. The van der Waals surface area contributed by atoms with E-state index >= 15 is 0 Å². The van der Waals surface area contributed by atoms with Gasteiger partial charge < -0.3 is 5.11 Å². The number of carboxylic acid groups (broad SMARTS) is 1. The molecule has 0 spiro atoms. The minimum absolute atomic E-state index is 0.0216. The van der Waals surface area contributed by atoms with E-state index in [0.29, 0.717) is 16.9 Å². The molecule has 0 bridgehead atoms. The third-order valence-electron chi connectivity index (χ3n) is 2.36. The SMILES string of the molecule is CCC(Sc1cc(Cl)c([N+](=O)[O-])cc1C)C(=O)O. The molecule has 0 heterocycles. The molecule has 18 heavy (non-hydrogen) atoms. The Kier molecular flexibility index (Phi) is 4.98. The highest BCUT2D eigenvalue weighted by atomic mass is 35.5. The second kappa shape index (κ2) is 6.06. The van der Waals surface area contributed by atoms with Crippen molar-refractivity contribution >= 4 is 35.0 Å². The maximum Gasteiger partial charge on any atom is 0.316 e. The molecule has 0 radical (unpaired) electrons. The fraction of sp³-hybridized carbons (Fsp3) is 0.364. The first-order valence-electron chi connectivity index (χ1n) is 5.20. The van der Waals surface area contributed by atoms with Crippen molar-refractivity contribution in [2.45, 2.75) is 30.4 Å². The van der Waals surface area contributed by atoms with Crippen molar-refractivity contribution in [1.29, 1.82) is 0 Å². The van der Waals surface area contributed by atoms with Gasteiger partial charge in [0.05, 0.1) is 4.92 Å². The van der Waals surface area contributed by atoms with Crippen molar-refractivity contribution in [3.63, 3.8) is 0 Å². The molecular formula is C11H12ClNO4S. The molecule has 1 N–H and O–H groups in total. The number of aryl methyl sites for hydroxylation is 1. The van der Waals surface area contributed by atoms with E-state index in [1.165, 1.54) is 12.1 Å². The second-order valence-electron chi connectivity index (χ2n) is 3.68. The number of nitro groups is 1. The Morgan fingerprint density at radius 3 is 2.67 bits per heavy atom. The Balaban J connectivity index is 3.08. The van der Waals surface area contributed by atoms with Crippen LogP contribution < -0.4 is 0 Å². The molecule has 0 aliphatic heterocycles. The van der Waals surface area contributed by atoms with Gasteiger partial charge in [0, 0.05) is 11.0 Å². The molecule has 1 aromatic rings. The van der Waals surface area contributed by atoms with Crippen LogP contribution in [0.5, 0.6) is 0 Å². The summed E-state index contributed by atoms with van der Waals surface area (Å²) in [5.41, 5.74) is 0.484. The van der Waals surface area contributed by atoms with E-state index in [9.17, 15) is 14.9 Å². The minimum atomic E-state index is -0.906. The number of nitrogens with zero attached hydrogens (tertiary/aromatic N) is 1. The first kappa shape index (κ1) is 14.8. The van der Waals surface area contributed by atoms with E-state index in [-0.39, 0.29) is 10.7 Å². The van der Waals surface area contributed by atoms with E-state index in [2.05, 4.69) is 0 Å². The van der Waals surface area contributed by atoms with E-state index in [0.717, 1.165) is 11.8 Å². The molecule has 0 saturated carbocycles. The molecule has 1 unspecified atom stereocenters. The number of aliphatic carboxylic acids is 1. The number of carbonyl (C=O) groups is 1. The maximum atomic E-state index is 10.9. The highest BCUT2D eigenvalue weighted by molar-refractivity contribution is 8.00. The monoisotopic (exact) mass is 289 g/mol. The first-order valence-corrected chi connectivity index (χ1v) is 6.46. The van der Waals surface area contributed by atoms with Crippen molar-refractivity contribution in [2.75, 3.05) is 0 Å². The number of hydrogen-bond acceptors (Lipinski definition) is 4. The van der Waals surface area contributed by atoms with Crippen LogP contribution in [-0.4, -0.2) is 21.2 Å². The number of benzene rings is 1. The van der Waals surface area contributed by atoms with Gasteiger partial charge in [-0.2, -0.15) is 0 Å². The van der Waals surface area contributed by atoms with Crippen LogP contribution in [0.25, 0.3) is 0 Å². The van der Waals surface area contributed by atoms with Gasteiger partial charge >= 0.3 is 5.97 Å². The van der Waals surface area contributed by atoms with Crippen LogP contribution in [0.4, 0.5) is 5.69 Å². The highest BCUT2D eigenvalue weighted by Crippen LogP contribution is 2.35. The van der Waals surface area contributed by atoms with Gasteiger partial charge in [0.2, 0.25) is 0 Å². The topological polar surface area (TPSA) is 80.4 Å². The fourth-order valence-electron chi connectivity index (χ4n) is 1.38. The summed E-state index contributed by atoms with van der Waals surface area (Å²) in [6, 6.07) is 2.81. The molecular weight excluding hydrogens is 278 g/mol. The van der Waals surface area contributed by atoms with Gasteiger partial charge in [-0.1, -0.05) is 18.5 Å². The lowest BCUT2D eigenvalue weighted by atomic mass is 10.2. The predicted molar refractivity (Wildman–Crippen MR) is 70.4 cm³/mol. The molecule has 0 aliphatic rings. The van der Waals surface area contributed by atoms with Gasteiger partial charge in [-0.3, -0.25) is 14.9 Å². The van der Waals surface area contributed by atoms with Crippen molar-refractivity contribution < 1.29 is 14.8 Å². The van der Waals surface area contributed by atoms with Crippen LogP contribution in [0, 0.1) is 17.0 Å². The van der Waals surface area contributed by atoms with Crippen LogP contribution in [-0.2, 0) is 4.79 Å². The lowest BCUT2D eigenvalue weighted by Gasteiger charge is -2.11. The molecule has 98 valence electrons. The Hall–Kier alpha value is -1.27. The van der Waals surface area contributed by atoms with E-state index in [4.69, 9.17) is 16.7 Å². The van der Waals surface area contributed by atoms with Crippen LogP contribution in [0.2, 0.25) is 5.02 Å². The zero-order valence-electron chi connectivity index (χ0n) is 9.84. The zero-order valence-corrected chi connectivity index (χ0v) is 11.4. The number of carboxylic acids is 1. The minimum Gasteiger partial charge on any atom is -0.480 e. The molecule has 1 atom stereocenters. The van der Waals surface area contributed by atoms with Crippen molar-refractivity contribution in [1.82, 2.24) is 0 Å². The molecule has 5 nitrogen and oxygen atoms in total. The normalized spacial score (nSPS) is 12.2. The molecule has 7 heteroatoms. The lowest BCUT2D eigenvalue weighted by Crippen LogP contribution is -2.14. The van der Waals surface area contributed by atoms with Crippen LogP contribution >= 0.6 is 23.4 Å². The standard InChI is InChI=1S/C11H12ClNO4S/c1-3-9(11(14)15)18-10-5-7(12)8(13(16)17)4-6(10)2/h4-5,9H,3H2,1-2H3,(H,14,15). The summed E-state index contributed by atoms with van der Waals surface area (Å²) in [7, 11) is 0. The summed E-state index contributed by atoms with van der Waals surface area (Å²) in [5.74, 6) is -0.906. The second-order valence-corrected chi connectivity index (χ2v) is 5.33. The summed E-state index contributed by atoms with van der Waals surface area (Å²) < 4.78 is 0. The Morgan fingerprint density at radius 1 is 1.61 bits per heavy atom. The molecule has 0 aliphatic carbocycles. The summed E-state index contributed by atoms with van der Waals surface area (Å²) in [6.45, 7) is 3.47. The van der Waals surface area contributed by atoms with Gasteiger partial charge in [-0.25, -0.2) is 0 Å². The predicted octanol–water partition coefficient (Wildman–Crippen LogP) is 3.51. The van der Waals surface area contributed by atoms with Gasteiger partial charge in [-0.05, 0) is 25.0 Å². The molecule has 1 rings (SSSR count). The van der Waals surface area contributed by atoms with Crippen molar-refractivity contribution in [2.24, 2.45) is 0 Å². The van der Waals surface area contributed by atoms with Gasteiger partial charge in [0.1, 0.15) is 10.3 Å². The molecule has 0 amide bonds. The average molecular weight is 290 g/mol. The highest BCUT2D eigenvalue weighted by Gasteiger charge is 2.20. The molecule has 0 saturated heterocycles. The first-order chi connectivity index (χ1) is 8.36. The number of nitro benzene ring substituents is 1. The van der Waals surface area contributed by atoms with Crippen LogP contribution in [0.15, 0.2) is 17.0 Å². The van der Waals surface area contributed by atoms with Crippen molar-refractivity contribution in [3.8, 4) is 0 Å². The Bertz CT molecular complexity index is 492. The molecule has 1 aromatic carbocycles. The van der Waals surface area contributed by atoms with Gasteiger partial charge in [-0.15, -0.1) is 11.8 Å². The number of rotatable bonds is 5. The zero-order chi connectivity index (χ0) is 13.9. The van der Waals surface area contributed by atoms with Crippen LogP contribution in [0.1, 0.15) is 18.9 Å². The van der Waals surface area contributed by atoms with E-state index in [1.54, 1.807) is 13.8 Å². The van der Waals surface area contributed by atoms with Gasteiger partial charge in [0.15, 0.2) is 0 Å². The summed E-state index contributed by atoms with van der Waals surface area (Å²) in [6.07, 6.45) is 0.466. The quantitative estimate of drug-likeness (QED) is 0.509. The fourth-order valence-corrected chi connectivity index (χ4v) is 2.68.